The summed E-state index contributed by atoms with van der Waals surface area (Å²) in [6.45, 7) is 6.56. The van der Waals surface area contributed by atoms with Gasteiger partial charge in [0.25, 0.3) is 0 Å². The Balaban J connectivity index is 1.47. The standard InChI is InChI=1S/C30H24S/c1-20-7-3-5-9-26(20)29-18-22(11-16-30(29)31)17-21(2)24-14-15-28-25(19-24)13-12-23-8-4-6-10-27(23)28/h3-16,18-19,31H,2,17H2,1H3. The zero-order valence-corrected chi connectivity index (χ0v) is 18.5. The first kappa shape index (κ1) is 19.7. The fraction of sp³-hybridized carbons (Fsp3) is 0.0667. The highest BCUT2D eigenvalue weighted by atomic mass is 32.1. The summed E-state index contributed by atoms with van der Waals surface area (Å²) in [7, 11) is 0. The number of aryl methyl sites for hydroxylation is 1. The van der Waals surface area contributed by atoms with Crippen LogP contribution in [0, 0.1) is 6.92 Å². The third-order valence-electron chi connectivity index (χ3n) is 6.07. The van der Waals surface area contributed by atoms with Gasteiger partial charge in [-0.3, -0.25) is 0 Å². The minimum Gasteiger partial charge on any atom is -0.143 e. The van der Waals surface area contributed by atoms with Crippen LogP contribution in [0.15, 0.2) is 109 Å². The molecule has 0 heterocycles. The molecule has 0 unspecified atom stereocenters. The van der Waals surface area contributed by atoms with Crippen molar-refractivity contribution in [1.82, 2.24) is 0 Å². The summed E-state index contributed by atoms with van der Waals surface area (Å²) in [5, 5.41) is 5.11. The molecule has 5 aromatic rings. The molecule has 150 valence electrons. The maximum Gasteiger partial charge on any atom is 0.0119 e. The molecule has 0 spiro atoms. The van der Waals surface area contributed by atoms with Gasteiger partial charge in [0.05, 0.1) is 0 Å². The van der Waals surface area contributed by atoms with Gasteiger partial charge in [-0.1, -0.05) is 85.4 Å². The Hall–Kier alpha value is -3.29. The van der Waals surface area contributed by atoms with Gasteiger partial charge in [-0.05, 0) is 86.5 Å². The highest BCUT2D eigenvalue weighted by molar-refractivity contribution is 7.80. The van der Waals surface area contributed by atoms with Crippen LogP contribution in [0.4, 0.5) is 0 Å². The molecule has 0 amide bonds. The van der Waals surface area contributed by atoms with Gasteiger partial charge in [0, 0.05) is 4.90 Å². The van der Waals surface area contributed by atoms with E-state index in [1.807, 2.05) is 0 Å². The molecule has 0 nitrogen and oxygen atoms in total. The number of hydrogen-bond donors (Lipinski definition) is 1. The van der Waals surface area contributed by atoms with Gasteiger partial charge in [-0.15, -0.1) is 12.6 Å². The van der Waals surface area contributed by atoms with Gasteiger partial charge in [-0.25, -0.2) is 0 Å². The van der Waals surface area contributed by atoms with Crippen molar-refractivity contribution in [3.05, 3.63) is 120 Å². The van der Waals surface area contributed by atoms with Crippen molar-refractivity contribution < 1.29 is 0 Å². The molecule has 0 fully saturated rings. The van der Waals surface area contributed by atoms with Crippen LogP contribution in [0.1, 0.15) is 16.7 Å². The summed E-state index contributed by atoms with van der Waals surface area (Å²) in [5.74, 6) is 0. The second-order valence-corrected chi connectivity index (χ2v) is 8.65. The van der Waals surface area contributed by atoms with Crippen molar-refractivity contribution in [3.8, 4) is 11.1 Å². The Kier molecular flexibility index (Phi) is 5.13. The third kappa shape index (κ3) is 3.78. The lowest BCUT2D eigenvalue weighted by Crippen LogP contribution is -1.93. The van der Waals surface area contributed by atoms with E-state index in [1.165, 1.54) is 49.4 Å². The number of thiol groups is 1. The highest BCUT2D eigenvalue weighted by Gasteiger charge is 2.09. The first-order chi connectivity index (χ1) is 15.1. The van der Waals surface area contributed by atoms with Gasteiger partial charge in [0.2, 0.25) is 0 Å². The van der Waals surface area contributed by atoms with E-state index < -0.39 is 0 Å². The van der Waals surface area contributed by atoms with Crippen LogP contribution >= 0.6 is 12.6 Å². The molecule has 0 atom stereocenters. The predicted octanol–water partition coefficient (Wildman–Crippen LogP) is 8.51. The zero-order valence-electron chi connectivity index (χ0n) is 17.6. The summed E-state index contributed by atoms with van der Waals surface area (Å²) in [6.07, 6.45) is 0.812. The summed E-state index contributed by atoms with van der Waals surface area (Å²) in [4.78, 5) is 1.00. The van der Waals surface area contributed by atoms with Crippen LogP contribution in [0.2, 0.25) is 0 Å². The first-order valence-corrected chi connectivity index (χ1v) is 11.0. The summed E-state index contributed by atoms with van der Waals surface area (Å²) in [6, 6.07) is 34.6. The molecule has 0 saturated heterocycles. The number of fused-ring (bicyclic) bond motifs is 3. The fourth-order valence-electron chi connectivity index (χ4n) is 4.37. The predicted molar refractivity (Wildman–Crippen MR) is 138 cm³/mol. The van der Waals surface area contributed by atoms with Crippen LogP contribution in [0.3, 0.4) is 0 Å². The summed E-state index contributed by atoms with van der Waals surface area (Å²) < 4.78 is 0. The molecule has 0 aromatic heterocycles. The number of allylic oxidation sites excluding steroid dienone is 1. The average molecular weight is 417 g/mol. The fourth-order valence-corrected chi connectivity index (χ4v) is 4.62. The van der Waals surface area contributed by atoms with E-state index in [4.69, 9.17) is 12.6 Å². The lowest BCUT2D eigenvalue weighted by atomic mass is 9.93. The minimum atomic E-state index is 0.812. The van der Waals surface area contributed by atoms with Gasteiger partial charge < -0.3 is 0 Å². The molecule has 0 radical (unpaired) electrons. The Morgan fingerprint density at radius 2 is 1.45 bits per heavy atom. The average Bonchev–Trinajstić information content (AvgIpc) is 2.80. The smallest absolute Gasteiger partial charge is 0.0119 e. The summed E-state index contributed by atoms with van der Waals surface area (Å²) >= 11 is 4.71. The quantitative estimate of drug-likeness (QED) is 0.220. The molecule has 0 aliphatic carbocycles. The van der Waals surface area contributed by atoms with Crippen molar-refractivity contribution in [3.63, 3.8) is 0 Å². The molecule has 0 N–H and O–H groups in total. The SMILES string of the molecule is C=C(Cc1ccc(S)c(-c2ccccc2C)c1)c1ccc2c(ccc3ccccc32)c1. The van der Waals surface area contributed by atoms with E-state index in [1.54, 1.807) is 0 Å². The molecular formula is C30H24S. The highest BCUT2D eigenvalue weighted by Crippen LogP contribution is 2.32. The van der Waals surface area contributed by atoms with Gasteiger partial charge in [-0.2, -0.15) is 0 Å². The van der Waals surface area contributed by atoms with Crippen molar-refractivity contribution in [2.45, 2.75) is 18.2 Å². The number of hydrogen-bond acceptors (Lipinski definition) is 1. The molecule has 0 bridgehead atoms. The Labute approximate surface area is 189 Å². The molecule has 0 saturated carbocycles. The zero-order chi connectivity index (χ0) is 21.4. The Morgan fingerprint density at radius 3 is 2.32 bits per heavy atom. The lowest BCUT2D eigenvalue weighted by molar-refractivity contribution is 1.26. The van der Waals surface area contributed by atoms with Gasteiger partial charge in [0.15, 0.2) is 0 Å². The number of benzene rings is 5. The third-order valence-corrected chi connectivity index (χ3v) is 6.46. The maximum atomic E-state index is 4.71. The van der Waals surface area contributed by atoms with E-state index in [2.05, 4.69) is 111 Å². The molecule has 0 aliphatic rings. The van der Waals surface area contributed by atoms with E-state index in [0.29, 0.717) is 0 Å². The van der Waals surface area contributed by atoms with Crippen molar-refractivity contribution in [2.75, 3.05) is 0 Å². The van der Waals surface area contributed by atoms with Crippen LogP contribution in [-0.4, -0.2) is 0 Å². The molecule has 1 heteroatoms. The van der Waals surface area contributed by atoms with E-state index in [0.717, 1.165) is 16.9 Å². The maximum absolute atomic E-state index is 4.71. The Morgan fingerprint density at radius 1 is 0.710 bits per heavy atom. The molecule has 31 heavy (non-hydrogen) atoms. The first-order valence-electron chi connectivity index (χ1n) is 10.6. The second-order valence-electron chi connectivity index (χ2n) is 8.17. The topological polar surface area (TPSA) is 0 Å². The van der Waals surface area contributed by atoms with Crippen molar-refractivity contribution in [1.29, 1.82) is 0 Å². The van der Waals surface area contributed by atoms with Crippen LogP contribution in [-0.2, 0) is 6.42 Å². The largest absolute Gasteiger partial charge is 0.143 e. The second kappa shape index (κ2) is 8.09. The number of rotatable bonds is 4. The van der Waals surface area contributed by atoms with E-state index in [9.17, 15) is 0 Å². The van der Waals surface area contributed by atoms with E-state index in [-0.39, 0.29) is 0 Å². The van der Waals surface area contributed by atoms with Crippen LogP contribution in [0.25, 0.3) is 38.2 Å². The van der Waals surface area contributed by atoms with E-state index >= 15 is 0 Å². The van der Waals surface area contributed by atoms with Gasteiger partial charge >= 0.3 is 0 Å². The van der Waals surface area contributed by atoms with Crippen molar-refractivity contribution in [2.24, 2.45) is 0 Å². The molecular weight excluding hydrogens is 392 g/mol. The lowest BCUT2D eigenvalue weighted by Gasteiger charge is -2.13. The Bertz CT molecular complexity index is 1440. The van der Waals surface area contributed by atoms with Crippen LogP contribution < -0.4 is 0 Å². The van der Waals surface area contributed by atoms with Crippen molar-refractivity contribution >= 4 is 39.7 Å². The minimum absolute atomic E-state index is 0.812. The monoisotopic (exact) mass is 416 g/mol. The normalized spacial score (nSPS) is 11.2. The van der Waals surface area contributed by atoms with Crippen LogP contribution in [0.5, 0.6) is 0 Å². The molecule has 5 rings (SSSR count). The molecule has 0 aliphatic heterocycles. The van der Waals surface area contributed by atoms with Gasteiger partial charge in [0.1, 0.15) is 0 Å². The molecule has 5 aromatic carbocycles. The summed E-state index contributed by atoms with van der Waals surface area (Å²) in [5.41, 5.74) is 7.23.